The summed E-state index contributed by atoms with van der Waals surface area (Å²) in [6.45, 7) is 9.29. The average molecular weight is 577 g/mol. The van der Waals surface area contributed by atoms with Crippen LogP contribution in [0.1, 0.15) is 49.9 Å². The highest BCUT2D eigenvalue weighted by Crippen LogP contribution is 2.38. The predicted molar refractivity (Wildman–Crippen MR) is 139 cm³/mol. The molecule has 0 saturated carbocycles. The molecule has 4 nitrogen and oxygen atoms in total. The van der Waals surface area contributed by atoms with E-state index in [1.165, 1.54) is 0 Å². The van der Waals surface area contributed by atoms with Gasteiger partial charge in [0.2, 0.25) is 0 Å². The van der Waals surface area contributed by atoms with Crippen LogP contribution < -0.4 is 5.46 Å². The number of halogens is 5. The van der Waals surface area contributed by atoms with E-state index in [-0.39, 0.29) is 0 Å². The van der Waals surface area contributed by atoms with Crippen LogP contribution in [0.2, 0.25) is 10.0 Å². The molecule has 3 aliphatic heterocycles. The van der Waals surface area contributed by atoms with Gasteiger partial charge in [-0.15, -0.1) is 0 Å². The lowest BCUT2D eigenvalue weighted by atomic mass is 9.77. The number of aliphatic imine (C=N–C) groups is 2. The van der Waals surface area contributed by atoms with Crippen molar-refractivity contribution in [1.82, 2.24) is 0 Å². The van der Waals surface area contributed by atoms with Gasteiger partial charge in [0.25, 0.3) is 0 Å². The first kappa shape index (κ1) is 24.5. The van der Waals surface area contributed by atoms with Crippen molar-refractivity contribution in [1.29, 1.82) is 0 Å². The molecule has 168 valence electrons. The van der Waals surface area contributed by atoms with Gasteiger partial charge in [-0.2, -0.15) is 0 Å². The van der Waals surface area contributed by atoms with Gasteiger partial charge in [-0.3, -0.25) is 9.98 Å². The Hall–Kier alpha value is -0.595. The summed E-state index contributed by atoms with van der Waals surface area (Å²) in [6.07, 6.45) is 0. The second kappa shape index (κ2) is 8.88. The van der Waals surface area contributed by atoms with E-state index in [2.05, 4.69) is 25.9 Å². The highest BCUT2D eigenvalue weighted by atomic mass is 79.9. The Labute approximate surface area is 216 Å². The van der Waals surface area contributed by atoms with E-state index in [1.54, 1.807) is 0 Å². The number of fused-ring (bicyclic) bond motifs is 2. The largest absolute Gasteiger partial charge is 0.496 e. The summed E-state index contributed by atoms with van der Waals surface area (Å²) >= 11 is 27.8. The molecule has 0 amide bonds. The molecule has 0 atom stereocenters. The van der Waals surface area contributed by atoms with Crippen LogP contribution in [0.3, 0.4) is 0 Å². The van der Waals surface area contributed by atoms with Crippen molar-refractivity contribution in [3.63, 3.8) is 0 Å². The second-order valence-electron chi connectivity index (χ2n) is 8.70. The Morgan fingerprint density at radius 3 is 1.78 bits per heavy atom. The molecule has 1 saturated heterocycles. The van der Waals surface area contributed by atoms with E-state index < -0.39 is 18.3 Å². The summed E-state index contributed by atoms with van der Waals surface area (Å²) in [5.41, 5.74) is 3.83. The lowest BCUT2D eigenvalue weighted by molar-refractivity contribution is 0.00578. The summed E-state index contributed by atoms with van der Waals surface area (Å²) in [6, 6.07) is 7.81. The minimum absolute atomic E-state index is 0.391. The Balaban J connectivity index is 0.000000174. The number of hydrogen-bond donors (Lipinski definition) is 0. The number of hydrogen-bond acceptors (Lipinski definition) is 4. The molecule has 0 bridgehead atoms. The molecule has 0 unspecified atom stereocenters. The van der Waals surface area contributed by atoms with Gasteiger partial charge in [0, 0.05) is 21.1 Å². The van der Waals surface area contributed by atoms with Crippen molar-refractivity contribution >= 4 is 85.3 Å². The third kappa shape index (κ3) is 4.29. The quantitative estimate of drug-likeness (QED) is 0.353. The third-order valence-corrected chi connectivity index (χ3v) is 8.44. The Morgan fingerprint density at radius 2 is 1.25 bits per heavy atom. The van der Waals surface area contributed by atoms with Crippen molar-refractivity contribution in [2.24, 2.45) is 9.98 Å². The fourth-order valence-corrected chi connectivity index (χ4v) is 5.17. The lowest BCUT2D eigenvalue weighted by Crippen LogP contribution is -2.41. The van der Waals surface area contributed by atoms with Crippen LogP contribution in [0.5, 0.6) is 0 Å². The molecule has 2 aromatic carbocycles. The van der Waals surface area contributed by atoms with Gasteiger partial charge in [0.15, 0.2) is 0 Å². The van der Waals surface area contributed by atoms with E-state index in [9.17, 15) is 0 Å². The fraction of sp³-hybridized carbons (Fsp3) is 0.364. The highest BCUT2D eigenvalue weighted by Gasteiger charge is 2.52. The summed E-state index contributed by atoms with van der Waals surface area (Å²) in [7, 11) is -0.483. The van der Waals surface area contributed by atoms with E-state index in [4.69, 9.17) is 55.7 Å². The summed E-state index contributed by atoms with van der Waals surface area (Å²) in [5, 5.41) is 2.20. The monoisotopic (exact) mass is 574 g/mol. The van der Waals surface area contributed by atoms with Crippen LogP contribution >= 0.6 is 62.3 Å². The molecular weight excluding hydrogens is 557 g/mol. The molecule has 1 fully saturated rings. The van der Waals surface area contributed by atoms with Gasteiger partial charge in [-0.05, 0) is 60.8 Å². The maximum absolute atomic E-state index is 6.49. The average Bonchev–Trinajstić information content (AvgIpc) is 3.34. The van der Waals surface area contributed by atoms with Gasteiger partial charge in [-0.1, -0.05) is 64.6 Å². The normalized spacial score (nSPS) is 19.7. The topological polar surface area (TPSA) is 43.2 Å². The summed E-state index contributed by atoms with van der Waals surface area (Å²) < 4.78 is 12.9. The Bertz CT molecular complexity index is 1150. The van der Waals surface area contributed by atoms with Gasteiger partial charge in [0.05, 0.1) is 34.3 Å². The summed E-state index contributed by atoms with van der Waals surface area (Å²) in [5.74, 6) is 0. The number of benzene rings is 2. The van der Waals surface area contributed by atoms with Crippen molar-refractivity contribution < 1.29 is 9.31 Å². The molecule has 3 aliphatic rings. The fourth-order valence-electron chi connectivity index (χ4n) is 3.55. The molecule has 5 rings (SSSR count). The minimum atomic E-state index is -0.483. The van der Waals surface area contributed by atoms with Crippen molar-refractivity contribution in [3.05, 3.63) is 61.0 Å². The first-order valence-corrected chi connectivity index (χ1v) is 12.3. The maximum Gasteiger partial charge on any atom is 0.496 e. The second-order valence-corrected chi connectivity index (χ2v) is 11.0. The zero-order chi connectivity index (χ0) is 23.4. The van der Waals surface area contributed by atoms with Crippen LogP contribution in [0, 0.1) is 0 Å². The Morgan fingerprint density at radius 1 is 0.781 bits per heavy atom. The standard InChI is InChI=1S/C14H16BCl2NO2.C8H4BrCl2N/c1-13(2)14(3,4)20-15(19-13)9-6-5-8-7-18-12(17)10(8)11(9)16;9-5-2-1-4-3-12-8(11)6(4)7(5)10/h5-6H,7H2,1-4H3;1-2H,3H2. The van der Waals surface area contributed by atoms with Crippen LogP contribution in [-0.4, -0.2) is 28.7 Å². The minimum Gasteiger partial charge on any atom is -0.399 e. The zero-order valence-corrected chi connectivity index (χ0v) is 22.5. The molecule has 2 aromatic rings. The molecule has 3 heterocycles. The van der Waals surface area contributed by atoms with E-state index in [0.29, 0.717) is 33.5 Å². The van der Waals surface area contributed by atoms with Gasteiger partial charge < -0.3 is 9.31 Å². The van der Waals surface area contributed by atoms with Crippen LogP contribution in [-0.2, 0) is 22.4 Å². The van der Waals surface area contributed by atoms with Crippen LogP contribution in [0.4, 0.5) is 0 Å². The predicted octanol–water partition coefficient (Wildman–Crippen LogP) is 6.74. The van der Waals surface area contributed by atoms with E-state index in [1.807, 2.05) is 52.0 Å². The molecule has 10 heteroatoms. The zero-order valence-electron chi connectivity index (χ0n) is 17.9. The van der Waals surface area contributed by atoms with Gasteiger partial charge in [-0.25, -0.2) is 0 Å². The van der Waals surface area contributed by atoms with Crippen molar-refractivity contribution in [2.45, 2.75) is 52.0 Å². The number of rotatable bonds is 1. The molecule has 0 spiro atoms. The van der Waals surface area contributed by atoms with E-state index >= 15 is 0 Å². The first-order chi connectivity index (χ1) is 14.9. The summed E-state index contributed by atoms with van der Waals surface area (Å²) in [4.78, 5) is 8.29. The smallest absolute Gasteiger partial charge is 0.399 e. The molecule has 0 N–H and O–H groups in total. The molecule has 0 aromatic heterocycles. The van der Waals surface area contributed by atoms with Crippen molar-refractivity contribution in [2.75, 3.05) is 0 Å². The molecule has 0 radical (unpaired) electrons. The molecule has 0 aliphatic carbocycles. The Kier molecular flexibility index (Phi) is 6.81. The SMILES string of the molecule is CC1(C)OB(c2ccc3c(c2Cl)C(Cl)=NC3)OC1(C)C.ClC1=NCc2ccc(Br)c(Cl)c21. The van der Waals surface area contributed by atoms with E-state index in [0.717, 1.165) is 32.2 Å². The van der Waals surface area contributed by atoms with Gasteiger partial charge in [0.1, 0.15) is 10.3 Å². The van der Waals surface area contributed by atoms with Crippen LogP contribution in [0.25, 0.3) is 0 Å². The van der Waals surface area contributed by atoms with Crippen molar-refractivity contribution in [3.8, 4) is 0 Å². The third-order valence-electron chi connectivity index (χ3n) is 6.14. The maximum atomic E-state index is 6.49. The van der Waals surface area contributed by atoms with Crippen LogP contribution in [0.15, 0.2) is 38.7 Å². The molecular formula is C22H20BBrCl4N2O2. The lowest BCUT2D eigenvalue weighted by Gasteiger charge is -2.32. The highest BCUT2D eigenvalue weighted by molar-refractivity contribution is 9.10. The first-order valence-electron chi connectivity index (χ1n) is 9.97. The number of nitrogens with zero attached hydrogens (tertiary/aromatic N) is 2. The van der Waals surface area contributed by atoms with Gasteiger partial charge >= 0.3 is 7.12 Å². The molecule has 32 heavy (non-hydrogen) atoms.